The standard InChI is InChI=1S/C30H48O4/c1-18-9-13-29(25(33)34)16-15-27(5)20(24(29)19(18)2)7-8-22-28(27,6)12-10-21-26(3,4)23(32)11-14-30(21,22)17-31/h7,18-19,21-24,31-32H,8-17H2,1-6H3,(H,33,34). The van der Waals surface area contributed by atoms with Crippen molar-refractivity contribution in [3.8, 4) is 0 Å². The summed E-state index contributed by atoms with van der Waals surface area (Å²) in [4.78, 5) is 12.8. The smallest absolute Gasteiger partial charge is 0.310 e. The van der Waals surface area contributed by atoms with Gasteiger partial charge in [-0.15, -0.1) is 0 Å². The molecule has 0 radical (unpaired) electrons. The van der Waals surface area contributed by atoms with Gasteiger partial charge in [-0.05, 0) is 104 Å². The normalized spacial score (nSPS) is 54.1. The number of carbonyl (C=O) groups is 1. The largest absolute Gasteiger partial charge is 0.481 e. The van der Waals surface area contributed by atoms with E-state index >= 15 is 0 Å². The maximum absolute atomic E-state index is 12.8. The Balaban J connectivity index is 1.63. The van der Waals surface area contributed by atoms with Gasteiger partial charge in [0.1, 0.15) is 0 Å². The van der Waals surface area contributed by atoms with Gasteiger partial charge in [0.2, 0.25) is 0 Å². The van der Waals surface area contributed by atoms with Crippen molar-refractivity contribution in [2.75, 3.05) is 6.61 Å². The molecular formula is C30H48O4. The second kappa shape index (κ2) is 7.57. The second-order valence-electron chi connectivity index (χ2n) is 14.4. The Labute approximate surface area is 206 Å². The first-order valence-electron chi connectivity index (χ1n) is 14.0. The first-order valence-corrected chi connectivity index (χ1v) is 14.0. The van der Waals surface area contributed by atoms with Crippen molar-refractivity contribution in [3.63, 3.8) is 0 Å². The lowest BCUT2D eigenvalue weighted by Gasteiger charge is -2.71. The first kappa shape index (κ1) is 24.8. The molecule has 0 aromatic carbocycles. The summed E-state index contributed by atoms with van der Waals surface area (Å²) in [7, 11) is 0. The summed E-state index contributed by atoms with van der Waals surface area (Å²) in [6.07, 6.45) is 10.5. The van der Waals surface area contributed by atoms with E-state index in [0.717, 1.165) is 57.8 Å². The van der Waals surface area contributed by atoms with Crippen LogP contribution in [0, 0.1) is 56.7 Å². The van der Waals surface area contributed by atoms with Gasteiger partial charge in [-0.25, -0.2) is 0 Å². The van der Waals surface area contributed by atoms with E-state index in [4.69, 9.17) is 0 Å². The summed E-state index contributed by atoms with van der Waals surface area (Å²) in [5, 5.41) is 32.5. The Hall–Kier alpha value is -0.870. The predicted molar refractivity (Wildman–Crippen MR) is 134 cm³/mol. The molecule has 4 nitrogen and oxygen atoms in total. The minimum Gasteiger partial charge on any atom is -0.481 e. The van der Waals surface area contributed by atoms with Crippen LogP contribution in [0.15, 0.2) is 11.6 Å². The Kier molecular flexibility index (Phi) is 5.52. The average Bonchev–Trinajstić information content (AvgIpc) is 2.78. The zero-order valence-electron chi connectivity index (χ0n) is 22.4. The highest BCUT2D eigenvalue weighted by molar-refractivity contribution is 5.76. The highest BCUT2D eigenvalue weighted by Crippen LogP contribution is 2.75. The summed E-state index contributed by atoms with van der Waals surface area (Å²) in [6, 6.07) is 0. The van der Waals surface area contributed by atoms with Crippen LogP contribution in [-0.4, -0.2) is 34.0 Å². The number of aliphatic carboxylic acids is 1. The third kappa shape index (κ3) is 2.76. The highest BCUT2D eigenvalue weighted by Gasteiger charge is 2.70. The van der Waals surface area contributed by atoms with E-state index in [1.54, 1.807) is 0 Å². The molecule has 0 amide bonds. The van der Waals surface area contributed by atoms with Gasteiger partial charge in [0, 0.05) is 12.0 Å². The minimum absolute atomic E-state index is 0.0296. The summed E-state index contributed by atoms with van der Waals surface area (Å²) in [5.41, 5.74) is 0.501. The topological polar surface area (TPSA) is 77.8 Å². The third-order valence-electron chi connectivity index (χ3n) is 13.4. The molecule has 3 N–H and O–H groups in total. The van der Waals surface area contributed by atoms with Crippen LogP contribution in [0.5, 0.6) is 0 Å². The quantitative estimate of drug-likeness (QED) is 0.427. The van der Waals surface area contributed by atoms with Crippen molar-refractivity contribution in [3.05, 3.63) is 11.6 Å². The highest BCUT2D eigenvalue weighted by atomic mass is 16.4. The molecule has 192 valence electrons. The zero-order chi connectivity index (χ0) is 24.9. The number of carboxylic acid groups (broad SMARTS) is 1. The maximum Gasteiger partial charge on any atom is 0.310 e. The number of hydrogen-bond acceptors (Lipinski definition) is 3. The van der Waals surface area contributed by atoms with Gasteiger partial charge in [-0.3, -0.25) is 4.79 Å². The van der Waals surface area contributed by atoms with Crippen LogP contribution in [0.3, 0.4) is 0 Å². The van der Waals surface area contributed by atoms with Crippen molar-refractivity contribution in [1.82, 2.24) is 0 Å². The van der Waals surface area contributed by atoms with Gasteiger partial charge in [0.15, 0.2) is 0 Å². The summed E-state index contributed by atoms with van der Waals surface area (Å²) < 4.78 is 0. The van der Waals surface area contributed by atoms with Crippen LogP contribution in [0.25, 0.3) is 0 Å². The van der Waals surface area contributed by atoms with Gasteiger partial charge < -0.3 is 15.3 Å². The number of carboxylic acids is 1. The van der Waals surface area contributed by atoms with Crippen LogP contribution >= 0.6 is 0 Å². The van der Waals surface area contributed by atoms with E-state index in [1.807, 2.05) is 0 Å². The molecule has 4 heteroatoms. The van der Waals surface area contributed by atoms with Crippen molar-refractivity contribution in [2.24, 2.45) is 56.7 Å². The van der Waals surface area contributed by atoms with E-state index < -0.39 is 11.4 Å². The molecule has 5 aliphatic carbocycles. The Morgan fingerprint density at radius 1 is 0.971 bits per heavy atom. The molecule has 4 fully saturated rings. The molecule has 0 heterocycles. The van der Waals surface area contributed by atoms with E-state index in [1.165, 1.54) is 5.57 Å². The molecule has 0 bridgehead atoms. The molecule has 0 aromatic heterocycles. The van der Waals surface area contributed by atoms with Crippen LogP contribution in [0.4, 0.5) is 0 Å². The lowest BCUT2D eigenvalue weighted by Crippen LogP contribution is -2.67. The van der Waals surface area contributed by atoms with Gasteiger partial charge in [-0.1, -0.05) is 53.2 Å². The number of rotatable bonds is 2. The van der Waals surface area contributed by atoms with E-state index in [-0.39, 0.29) is 40.3 Å². The number of fused-ring (bicyclic) bond motifs is 7. The van der Waals surface area contributed by atoms with E-state index in [9.17, 15) is 20.1 Å². The molecule has 5 rings (SSSR count). The van der Waals surface area contributed by atoms with Gasteiger partial charge in [0.25, 0.3) is 0 Å². The lowest BCUT2D eigenvalue weighted by molar-refractivity contribution is -0.223. The fourth-order valence-corrected chi connectivity index (χ4v) is 10.8. The second-order valence-corrected chi connectivity index (χ2v) is 14.4. The van der Waals surface area contributed by atoms with Crippen LogP contribution in [0.1, 0.15) is 99.3 Å². The number of allylic oxidation sites excluding steroid dienone is 2. The number of aliphatic hydroxyl groups excluding tert-OH is 2. The lowest BCUT2D eigenvalue weighted by atomic mass is 9.33. The van der Waals surface area contributed by atoms with Gasteiger partial charge in [-0.2, -0.15) is 0 Å². The average molecular weight is 473 g/mol. The molecule has 4 saturated carbocycles. The third-order valence-corrected chi connectivity index (χ3v) is 13.4. The Bertz CT molecular complexity index is 892. The maximum atomic E-state index is 12.8. The molecule has 0 saturated heterocycles. The summed E-state index contributed by atoms with van der Waals surface area (Å²) in [5.74, 6) is 1.16. The van der Waals surface area contributed by atoms with Crippen LogP contribution in [-0.2, 0) is 4.79 Å². The minimum atomic E-state index is -0.608. The fraction of sp³-hybridized carbons (Fsp3) is 0.900. The Morgan fingerprint density at radius 2 is 1.68 bits per heavy atom. The molecule has 0 aromatic rings. The van der Waals surface area contributed by atoms with Gasteiger partial charge >= 0.3 is 5.97 Å². The van der Waals surface area contributed by atoms with E-state index in [0.29, 0.717) is 23.7 Å². The monoisotopic (exact) mass is 472 g/mol. The van der Waals surface area contributed by atoms with Gasteiger partial charge in [0.05, 0.1) is 11.5 Å². The van der Waals surface area contributed by atoms with E-state index in [2.05, 4.69) is 47.6 Å². The molecule has 34 heavy (non-hydrogen) atoms. The molecule has 0 aliphatic heterocycles. The molecule has 5 aliphatic rings. The number of hydrogen-bond donors (Lipinski definition) is 3. The van der Waals surface area contributed by atoms with Crippen molar-refractivity contribution in [1.29, 1.82) is 0 Å². The predicted octanol–water partition coefficient (Wildman–Crippen LogP) is 6.06. The van der Waals surface area contributed by atoms with Crippen molar-refractivity contribution in [2.45, 2.75) is 105 Å². The summed E-state index contributed by atoms with van der Waals surface area (Å²) in [6.45, 7) is 14.2. The Morgan fingerprint density at radius 3 is 2.32 bits per heavy atom. The molecular weight excluding hydrogens is 424 g/mol. The van der Waals surface area contributed by atoms with Crippen LogP contribution in [0.2, 0.25) is 0 Å². The SMILES string of the molecule is CC1CCC2(C(=O)O)CCC3(C)C(=CCC4C5(CO)CCC(O)C(C)(C)C5CCC43C)C2C1C. The zero-order valence-corrected chi connectivity index (χ0v) is 22.4. The van der Waals surface area contributed by atoms with Crippen molar-refractivity contribution < 1.29 is 20.1 Å². The van der Waals surface area contributed by atoms with Crippen LogP contribution < -0.4 is 0 Å². The first-order chi connectivity index (χ1) is 15.8. The molecule has 10 atom stereocenters. The molecule has 0 spiro atoms. The van der Waals surface area contributed by atoms with Crippen molar-refractivity contribution >= 4 is 5.97 Å². The molecule has 10 unspecified atom stereocenters. The fourth-order valence-electron chi connectivity index (χ4n) is 10.8. The number of aliphatic hydroxyl groups is 2. The summed E-state index contributed by atoms with van der Waals surface area (Å²) >= 11 is 0.